The number of nitrogens with zero attached hydrogens (tertiary/aromatic N) is 1. The van der Waals surface area contributed by atoms with Crippen molar-refractivity contribution in [3.8, 4) is 0 Å². The van der Waals surface area contributed by atoms with Crippen molar-refractivity contribution in [1.29, 1.82) is 0 Å². The van der Waals surface area contributed by atoms with Crippen LogP contribution in [0.3, 0.4) is 0 Å². The summed E-state index contributed by atoms with van der Waals surface area (Å²) in [5.41, 5.74) is 10.4. The van der Waals surface area contributed by atoms with Gasteiger partial charge in [-0.15, -0.1) is 0 Å². The molecular weight excluding hydrogens is 274 g/mol. The largest absolute Gasteiger partial charge is 0.380 e. The molecule has 0 atom stereocenters. The predicted octanol–water partition coefficient (Wildman–Crippen LogP) is 3.32. The Morgan fingerprint density at radius 1 is 1.09 bits per heavy atom. The van der Waals surface area contributed by atoms with E-state index >= 15 is 0 Å². The van der Waals surface area contributed by atoms with Crippen LogP contribution < -0.4 is 11.1 Å². The number of guanidine groups is 1. The van der Waals surface area contributed by atoms with Gasteiger partial charge in [0.05, 0.1) is 13.2 Å². The Morgan fingerprint density at radius 3 is 2.50 bits per heavy atom. The molecule has 4 nitrogen and oxygen atoms in total. The Morgan fingerprint density at radius 2 is 1.82 bits per heavy atom. The van der Waals surface area contributed by atoms with E-state index in [1.54, 1.807) is 7.11 Å². The highest BCUT2D eigenvalue weighted by Gasteiger charge is 1.98. The summed E-state index contributed by atoms with van der Waals surface area (Å²) in [7, 11) is 1.69. The van der Waals surface area contributed by atoms with Crippen molar-refractivity contribution in [2.75, 3.05) is 12.4 Å². The lowest BCUT2D eigenvalue weighted by atomic mass is 10.1. The highest BCUT2D eigenvalue weighted by molar-refractivity contribution is 5.92. The molecule has 0 spiro atoms. The van der Waals surface area contributed by atoms with Crippen LogP contribution in [0.2, 0.25) is 0 Å². The van der Waals surface area contributed by atoms with Gasteiger partial charge in [0.1, 0.15) is 0 Å². The number of aryl methyl sites for hydroxylation is 1. The fourth-order valence-corrected chi connectivity index (χ4v) is 2.17. The monoisotopic (exact) mass is 297 g/mol. The second kappa shape index (κ2) is 8.20. The maximum atomic E-state index is 5.94. The van der Waals surface area contributed by atoms with Crippen LogP contribution in [0.4, 0.5) is 5.69 Å². The summed E-state index contributed by atoms with van der Waals surface area (Å²) in [4.78, 5) is 4.38. The van der Waals surface area contributed by atoms with Crippen LogP contribution in [0.1, 0.15) is 23.6 Å². The number of anilines is 1. The van der Waals surface area contributed by atoms with E-state index in [-0.39, 0.29) is 0 Å². The molecule has 4 heteroatoms. The van der Waals surface area contributed by atoms with Gasteiger partial charge in [0, 0.05) is 12.8 Å². The minimum absolute atomic E-state index is 0.418. The third-order valence-electron chi connectivity index (χ3n) is 3.37. The summed E-state index contributed by atoms with van der Waals surface area (Å²) in [5, 5.41) is 3.11. The van der Waals surface area contributed by atoms with Gasteiger partial charge >= 0.3 is 0 Å². The lowest BCUT2D eigenvalue weighted by Crippen LogP contribution is -2.22. The molecule has 2 aromatic carbocycles. The van der Waals surface area contributed by atoms with Gasteiger partial charge in [-0.1, -0.05) is 43.3 Å². The van der Waals surface area contributed by atoms with Gasteiger partial charge in [-0.25, -0.2) is 4.99 Å². The zero-order valence-electron chi connectivity index (χ0n) is 13.2. The van der Waals surface area contributed by atoms with E-state index in [4.69, 9.17) is 10.5 Å². The summed E-state index contributed by atoms with van der Waals surface area (Å²) < 4.78 is 5.13. The molecule has 2 aromatic rings. The molecule has 0 saturated carbocycles. The average Bonchev–Trinajstić information content (AvgIpc) is 2.54. The normalized spacial score (nSPS) is 11.5. The SMILES string of the molecule is CCc1ccc(NC(N)=NCc2cccc(COC)c2)cc1. The molecule has 116 valence electrons. The quantitative estimate of drug-likeness (QED) is 0.635. The molecule has 0 aromatic heterocycles. The van der Waals surface area contributed by atoms with Crippen molar-refractivity contribution < 1.29 is 4.74 Å². The van der Waals surface area contributed by atoms with E-state index < -0.39 is 0 Å². The number of nitrogens with two attached hydrogens (primary N) is 1. The lowest BCUT2D eigenvalue weighted by Gasteiger charge is -2.07. The molecule has 3 N–H and O–H groups in total. The van der Waals surface area contributed by atoms with Crippen LogP contribution in [-0.2, 0) is 24.3 Å². The van der Waals surface area contributed by atoms with Gasteiger partial charge in [-0.2, -0.15) is 0 Å². The van der Waals surface area contributed by atoms with Crippen molar-refractivity contribution in [3.05, 3.63) is 65.2 Å². The highest BCUT2D eigenvalue weighted by Crippen LogP contribution is 2.10. The molecule has 0 radical (unpaired) electrons. The molecule has 0 fully saturated rings. The second-order valence-electron chi connectivity index (χ2n) is 5.13. The van der Waals surface area contributed by atoms with E-state index in [1.807, 2.05) is 30.3 Å². The Hall–Kier alpha value is -2.33. The van der Waals surface area contributed by atoms with Crippen molar-refractivity contribution in [2.24, 2.45) is 10.7 Å². The molecule has 0 aliphatic heterocycles. The van der Waals surface area contributed by atoms with Gasteiger partial charge in [0.25, 0.3) is 0 Å². The standard InChI is InChI=1S/C18H23N3O/c1-3-14-7-9-17(10-8-14)21-18(19)20-12-15-5-4-6-16(11-15)13-22-2/h4-11H,3,12-13H2,1-2H3,(H3,19,20,21). The van der Waals surface area contributed by atoms with Gasteiger partial charge in [0.2, 0.25) is 0 Å². The summed E-state index contributed by atoms with van der Waals surface area (Å²) in [6.45, 7) is 3.29. The van der Waals surface area contributed by atoms with Crippen molar-refractivity contribution in [1.82, 2.24) is 0 Å². The molecule has 0 bridgehead atoms. The average molecular weight is 297 g/mol. The number of benzene rings is 2. The Labute approximate surface area is 132 Å². The predicted molar refractivity (Wildman–Crippen MR) is 91.9 cm³/mol. The van der Waals surface area contributed by atoms with E-state index in [9.17, 15) is 0 Å². The first-order valence-electron chi connectivity index (χ1n) is 7.44. The molecule has 0 saturated heterocycles. The molecule has 0 heterocycles. The van der Waals surface area contributed by atoms with E-state index in [0.717, 1.165) is 23.2 Å². The third kappa shape index (κ3) is 4.90. The first kappa shape index (κ1) is 16.0. The summed E-state index contributed by atoms with van der Waals surface area (Å²) >= 11 is 0. The highest BCUT2D eigenvalue weighted by atomic mass is 16.5. The fraction of sp³-hybridized carbons (Fsp3) is 0.278. The molecule has 2 rings (SSSR count). The number of hydrogen-bond acceptors (Lipinski definition) is 2. The molecular formula is C18H23N3O. The number of methoxy groups -OCH3 is 1. The minimum atomic E-state index is 0.418. The number of aliphatic imine (C=N–C) groups is 1. The zero-order chi connectivity index (χ0) is 15.8. The summed E-state index contributed by atoms with van der Waals surface area (Å²) in [5.74, 6) is 0.418. The van der Waals surface area contributed by atoms with Crippen molar-refractivity contribution in [2.45, 2.75) is 26.5 Å². The van der Waals surface area contributed by atoms with E-state index in [2.05, 4.69) is 35.4 Å². The molecule has 0 aliphatic rings. The molecule has 0 unspecified atom stereocenters. The molecule has 0 aliphatic carbocycles. The Bertz CT molecular complexity index is 620. The molecule has 0 amide bonds. The first-order valence-corrected chi connectivity index (χ1v) is 7.44. The van der Waals surface area contributed by atoms with Crippen LogP contribution in [0.25, 0.3) is 0 Å². The number of nitrogens with one attached hydrogen (secondary N) is 1. The minimum Gasteiger partial charge on any atom is -0.380 e. The maximum Gasteiger partial charge on any atom is 0.193 e. The summed E-state index contributed by atoms with van der Waals surface area (Å²) in [6, 6.07) is 16.4. The topological polar surface area (TPSA) is 59.6 Å². The zero-order valence-corrected chi connectivity index (χ0v) is 13.2. The van der Waals surface area contributed by atoms with E-state index in [0.29, 0.717) is 19.1 Å². The van der Waals surface area contributed by atoms with Gasteiger partial charge in [0.15, 0.2) is 5.96 Å². The van der Waals surface area contributed by atoms with Crippen LogP contribution in [-0.4, -0.2) is 13.1 Å². The summed E-state index contributed by atoms with van der Waals surface area (Å²) in [6.07, 6.45) is 1.03. The van der Waals surface area contributed by atoms with Crippen LogP contribution >= 0.6 is 0 Å². The number of rotatable bonds is 6. The van der Waals surface area contributed by atoms with Gasteiger partial charge in [-0.3, -0.25) is 0 Å². The number of hydrogen-bond donors (Lipinski definition) is 2. The smallest absolute Gasteiger partial charge is 0.193 e. The van der Waals surface area contributed by atoms with Gasteiger partial charge < -0.3 is 15.8 Å². The fourth-order valence-electron chi connectivity index (χ4n) is 2.17. The Balaban J connectivity index is 1.95. The second-order valence-corrected chi connectivity index (χ2v) is 5.13. The third-order valence-corrected chi connectivity index (χ3v) is 3.37. The van der Waals surface area contributed by atoms with Crippen LogP contribution in [0.5, 0.6) is 0 Å². The van der Waals surface area contributed by atoms with E-state index in [1.165, 1.54) is 5.56 Å². The van der Waals surface area contributed by atoms with Crippen molar-refractivity contribution in [3.63, 3.8) is 0 Å². The Kier molecular flexibility index (Phi) is 5.98. The molecule has 22 heavy (non-hydrogen) atoms. The van der Waals surface area contributed by atoms with Gasteiger partial charge in [-0.05, 0) is 35.2 Å². The first-order chi connectivity index (χ1) is 10.7. The van der Waals surface area contributed by atoms with Crippen molar-refractivity contribution >= 4 is 11.6 Å². The van der Waals surface area contributed by atoms with Crippen LogP contribution in [0, 0.1) is 0 Å². The maximum absolute atomic E-state index is 5.94. The van der Waals surface area contributed by atoms with Crippen LogP contribution in [0.15, 0.2) is 53.5 Å². The number of ether oxygens (including phenoxy) is 1. The lowest BCUT2D eigenvalue weighted by molar-refractivity contribution is 0.185.